The summed E-state index contributed by atoms with van der Waals surface area (Å²) in [4.78, 5) is 3.68. The lowest BCUT2D eigenvalue weighted by Crippen LogP contribution is -2.13. The van der Waals surface area contributed by atoms with Gasteiger partial charge in [0.2, 0.25) is 0 Å². The fourth-order valence-corrected chi connectivity index (χ4v) is 2.88. The van der Waals surface area contributed by atoms with Gasteiger partial charge in [-0.3, -0.25) is 9.71 Å². The number of sulfonamides is 1. The SMILES string of the molecule is O=S(=O)(Nc1ccc(O)c(F)c1)c1cncc(Br)c1. The molecular weight excluding hydrogens is 339 g/mol. The molecule has 0 radical (unpaired) electrons. The van der Waals surface area contributed by atoms with Gasteiger partial charge in [-0.1, -0.05) is 0 Å². The minimum absolute atomic E-state index is 0.00951. The van der Waals surface area contributed by atoms with Crippen molar-refractivity contribution in [2.75, 3.05) is 4.72 Å². The molecule has 0 aliphatic carbocycles. The summed E-state index contributed by atoms with van der Waals surface area (Å²) in [7, 11) is -3.86. The lowest BCUT2D eigenvalue weighted by Gasteiger charge is -2.08. The lowest BCUT2D eigenvalue weighted by atomic mass is 10.3. The standard InChI is InChI=1S/C11H8BrFN2O3S/c12-7-3-9(6-14-5-7)19(17,18)15-8-1-2-11(16)10(13)4-8/h1-6,15-16H. The molecule has 2 rings (SSSR count). The molecule has 5 nitrogen and oxygen atoms in total. The fraction of sp³-hybridized carbons (Fsp3) is 0. The Labute approximate surface area is 117 Å². The number of halogens is 2. The highest BCUT2D eigenvalue weighted by Gasteiger charge is 2.15. The maximum atomic E-state index is 13.1. The number of rotatable bonds is 3. The highest BCUT2D eigenvalue weighted by molar-refractivity contribution is 9.10. The quantitative estimate of drug-likeness (QED) is 0.836. The van der Waals surface area contributed by atoms with E-state index in [1.165, 1.54) is 24.5 Å². The van der Waals surface area contributed by atoms with E-state index in [1.807, 2.05) is 0 Å². The second kappa shape index (κ2) is 5.14. The predicted molar refractivity (Wildman–Crippen MR) is 70.8 cm³/mol. The summed E-state index contributed by atoms with van der Waals surface area (Å²) in [5.41, 5.74) is 0.00951. The summed E-state index contributed by atoms with van der Waals surface area (Å²) in [5.74, 6) is -1.46. The summed E-state index contributed by atoms with van der Waals surface area (Å²) >= 11 is 3.11. The van der Waals surface area contributed by atoms with Gasteiger partial charge in [-0.25, -0.2) is 12.8 Å². The Hall–Kier alpha value is -1.67. The van der Waals surface area contributed by atoms with Crippen LogP contribution in [0.25, 0.3) is 0 Å². The maximum absolute atomic E-state index is 13.1. The van der Waals surface area contributed by atoms with Crippen LogP contribution in [0.4, 0.5) is 10.1 Å². The number of aromatic hydroxyl groups is 1. The molecule has 1 aromatic heterocycles. The van der Waals surface area contributed by atoms with Gasteiger partial charge in [0.25, 0.3) is 10.0 Å². The van der Waals surface area contributed by atoms with Crippen LogP contribution in [0.2, 0.25) is 0 Å². The molecule has 8 heteroatoms. The highest BCUT2D eigenvalue weighted by atomic mass is 79.9. The number of anilines is 1. The van der Waals surface area contributed by atoms with Crippen molar-refractivity contribution in [2.24, 2.45) is 0 Å². The number of pyridine rings is 1. The zero-order chi connectivity index (χ0) is 14.0. The highest BCUT2D eigenvalue weighted by Crippen LogP contribution is 2.22. The number of phenols is 1. The molecule has 100 valence electrons. The monoisotopic (exact) mass is 346 g/mol. The minimum Gasteiger partial charge on any atom is -0.505 e. The van der Waals surface area contributed by atoms with E-state index in [-0.39, 0.29) is 10.6 Å². The molecule has 19 heavy (non-hydrogen) atoms. The van der Waals surface area contributed by atoms with E-state index < -0.39 is 21.6 Å². The van der Waals surface area contributed by atoms with Gasteiger partial charge in [0, 0.05) is 22.9 Å². The van der Waals surface area contributed by atoms with Crippen molar-refractivity contribution in [2.45, 2.75) is 4.90 Å². The van der Waals surface area contributed by atoms with Gasteiger partial charge >= 0.3 is 0 Å². The third-order valence-electron chi connectivity index (χ3n) is 2.19. The first-order valence-corrected chi connectivity index (χ1v) is 7.28. The molecule has 0 bridgehead atoms. The van der Waals surface area contributed by atoms with Crippen LogP contribution < -0.4 is 4.72 Å². The van der Waals surface area contributed by atoms with Crippen LogP contribution in [0, 0.1) is 5.82 Å². The topological polar surface area (TPSA) is 79.3 Å². The lowest BCUT2D eigenvalue weighted by molar-refractivity contribution is 0.432. The van der Waals surface area contributed by atoms with Crippen molar-refractivity contribution in [1.82, 2.24) is 4.98 Å². The molecule has 2 N–H and O–H groups in total. The number of nitrogens with one attached hydrogen (secondary N) is 1. The fourth-order valence-electron chi connectivity index (χ4n) is 1.32. The molecule has 0 unspecified atom stereocenters. The van der Waals surface area contributed by atoms with Crippen LogP contribution in [0.5, 0.6) is 5.75 Å². The van der Waals surface area contributed by atoms with Crippen LogP contribution in [0.3, 0.4) is 0 Å². The predicted octanol–water partition coefficient (Wildman–Crippen LogP) is 2.49. The zero-order valence-corrected chi connectivity index (χ0v) is 11.7. The van der Waals surface area contributed by atoms with E-state index in [4.69, 9.17) is 5.11 Å². The Morgan fingerprint density at radius 1 is 1.26 bits per heavy atom. The second-order valence-corrected chi connectivity index (χ2v) is 6.21. The first-order valence-electron chi connectivity index (χ1n) is 5.00. The summed E-state index contributed by atoms with van der Waals surface area (Å²) in [6.45, 7) is 0. The van der Waals surface area contributed by atoms with Crippen molar-refractivity contribution in [3.05, 3.63) is 46.9 Å². The number of phenolic OH excluding ortho intramolecular Hbond substituents is 1. The van der Waals surface area contributed by atoms with E-state index in [2.05, 4.69) is 25.6 Å². The molecule has 0 spiro atoms. The summed E-state index contributed by atoms with van der Waals surface area (Å²) in [6, 6.07) is 4.57. The van der Waals surface area contributed by atoms with Crippen LogP contribution >= 0.6 is 15.9 Å². The van der Waals surface area contributed by atoms with Gasteiger partial charge in [0.1, 0.15) is 4.90 Å². The summed E-state index contributed by atoms with van der Waals surface area (Å²) in [5, 5.41) is 9.03. The summed E-state index contributed by atoms with van der Waals surface area (Å²) < 4.78 is 39.8. The average Bonchev–Trinajstić information content (AvgIpc) is 2.33. The molecule has 1 heterocycles. The Kier molecular flexibility index (Phi) is 3.72. The number of hydrogen-bond donors (Lipinski definition) is 2. The van der Waals surface area contributed by atoms with Gasteiger partial charge in [-0.15, -0.1) is 0 Å². The molecule has 0 fully saturated rings. The normalized spacial score (nSPS) is 11.3. The third kappa shape index (κ3) is 3.21. The number of benzene rings is 1. The van der Waals surface area contributed by atoms with Crippen LogP contribution in [-0.4, -0.2) is 18.5 Å². The molecule has 2 aromatic rings. The van der Waals surface area contributed by atoms with E-state index in [0.717, 1.165) is 12.1 Å². The van der Waals surface area contributed by atoms with Crippen molar-refractivity contribution < 1.29 is 17.9 Å². The van der Waals surface area contributed by atoms with Crippen LogP contribution in [0.15, 0.2) is 46.0 Å². The Balaban J connectivity index is 2.33. The van der Waals surface area contributed by atoms with E-state index in [0.29, 0.717) is 4.47 Å². The minimum atomic E-state index is -3.86. The third-order valence-corrected chi connectivity index (χ3v) is 3.97. The molecular formula is C11H8BrFN2O3S. The molecule has 0 aliphatic rings. The summed E-state index contributed by atoms with van der Waals surface area (Å²) in [6.07, 6.45) is 2.61. The smallest absolute Gasteiger partial charge is 0.263 e. The van der Waals surface area contributed by atoms with Gasteiger partial charge in [-0.05, 0) is 34.1 Å². The molecule has 0 aliphatic heterocycles. The average molecular weight is 347 g/mol. The number of nitrogens with zero attached hydrogens (tertiary/aromatic N) is 1. The van der Waals surface area contributed by atoms with Gasteiger partial charge in [-0.2, -0.15) is 0 Å². The van der Waals surface area contributed by atoms with Crippen molar-refractivity contribution >= 4 is 31.6 Å². The Morgan fingerprint density at radius 3 is 2.63 bits per heavy atom. The largest absolute Gasteiger partial charge is 0.505 e. The van der Waals surface area contributed by atoms with E-state index in [1.54, 1.807) is 0 Å². The molecule has 0 saturated carbocycles. The maximum Gasteiger partial charge on any atom is 0.263 e. The van der Waals surface area contributed by atoms with Crippen molar-refractivity contribution in [3.8, 4) is 5.75 Å². The number of hydrogen-bond acceptors (Lipinski definition) is 4. The van der Waals surface area contributed by atoms with Crippen molar-refractivity contribution in [3.63, 3.8) is 0 Å². The van der Waals surface area contributed by atoms with E-state index >= 15 is 0 Å². The van der Waals surface area contributed by atoms with Crippen molar-refractivity contribution in [1.29, 1.82) is 0 Å². The van der Waals surface area contributed by atoms with Gasteiger partial charge in [0.05, 0.1) is 5.69 Å². The first-order chi connectivity index (χ1) is 8.88. The first kappa shape index (κ1) is 13.8. The van der Waals surface area contributed by atoms with Crippen LogP contribution in [-0.2, 0) is 10.0 Å². The van der Waals surface area contributed by atoms with E-state index in [9.17, 15) is 12.8 Å². The second-order valence-electron chi connectivity index (χ2n) is 3.61. The number of aromatic nitrogens is 1. The molecule has 1 aromatic carbocycles. The Morgan fingerprint density at radius 2 is 2.00 bits per heavy atom. The molecule has 0 atom stereocenters. The van der Waals surface area contributed by atoms with Crippen LogP contribution in [0.1, 0.15) is 0 Å². The zero-order valence-electron chi connectivity index (χ0n) is 9.34. The Bertz CT molecular complexity index is 722. The van der Waals surface area contributed by atoms with Gasteiger partial charge < -0.3 is 5.11 Å². The molecule has 0 saturated heterocycles. The molecule has 0 amide bonds. The van der Waals surface area contributed by atoms with Gasteiger partial charge in [0.15, 0.2) is 11.6 Å².